The third-order valence-corrected chi connectivity index (χ3v) is 4.56. The molecule has 0 saturated heterocycles. The number of non-ortho nitro benzene ring substituents is 1. The molecule has 0 aliphatic carbocycles. The minimum Gasteiger partial charge on any atom is -0.506 e. The lowest BCUT2D eigenvalue weighted by Gasteiger charge is -2.08. The number of fused-ring (bicyclic) bond motifs is 1. The molecule has 3 aromatic rings. The molecule has 138 valence electrons. The second kappa shape index (κ2) is 6.63. The van der Waals surface area contributed by atoms with E-state index in [0.29, 0.717) is 0 Å². The minimum atomic E-state index is -4.78. The lowest BCUT2D eigenvalue weighted by Crippen LogP contribution is -2.00. The summed E-state index contributed by atoms with van der Waals surface area (Å²) in [5, 5.41) is 38.3. The number of para-hydroxylation sites is 1. The number of rotatable bonds is 4. The molecule has 0 aliphatic rings. The van der Waals surface area contributed by atoms with Crippen molar-refractivity contribution in [1.29, 1.82) is 0 Å². The van der Waals surface area contributed by atoms with Gasteiger partial charge in [0, 0.05) is 29.0 Å². The first-order chi connectivity index (χ1) is 12.7. The molecule has 0 aromatic heterocycles. The second-order valence-corrected chi connectivity index (χ2v) is 6.78. The first-order valence-electron chi connectivity index (χ1n) is 7.30. The maximum atomic E-state index is 11.6. The normalized spacial score (nSPS) is 11.9. The fourth-order valence-corrected chi connectivity index (χ4v) is 3.14. The summed E-state index contributed by atoms with van der Waals surface area (Å²) in [4.78, 5) is 9.54. The Morgan fingerprint density at radius 3 is 2.26 bits per heavy atom. The zero-order valence-corrected chi connectivity index (χ0v) is 14.2. The lowest BCUT2D eigenvalue weighted by atomic mass is 10.1. The van der Waals surface area contributed by atoms with Crippen LogP contribution in [0, 0.1) is 10.1 Å². The van der Waals surface area contributed by atoms with Crippen LogP contribution in [0.25, 0.3) is 10.8 Å². The Morgan fingerprint density at radius 2 is 1.63 bits per heavy atom. The van der Waals surface area contributed by atoms with E-state index >= 15 is 0 Å². The highest BCUT2D eigenvalue weighted by molar-refractivity contribution is 7.86. The molecular weight excluding hydrogens is 378 g/mol. The number of hydrogen-bond acceptors (Lipinski definition) is 8. The molecule has 0 unspecified atom stereocenters. The number of phenols is 2. The van der Waals surface area contributed by atoms with Gasteiger partial charge in [0.15, 0.2) is 0 Å². The van der Waals surface area contributed by atoms with Crippen LogP contribution in [0.4, 0.5) is 17.1 Å². The predicted molar refractivity (Wildman–Crippen MR) is 94.4 cm³/mol. The van der Waals surface area contributed by atoms with Crippen LogP contribution in [0.2, 0.25) is 0 Å². The van der Waals surface area contributed by atoms with E-state index in [1.54, 1.807) is 12.1 Å². The third-order valence-electron chi connectivity index (χ3n) is 3.66. The van der Waals surface area contributed by atoms with Gasteiger partial charge in [0.1, 0.15) is 27.8 Å². The van der Waals surface area contributed by atoms with Crippen LogP contribution in [-0.2, 0) is 10.1 Å². The van der Waals surface area contributed by atoms with Crippen molar-refractivity contribution in [2.24, 2.45) is 10.2 Å². The minimum absolute atomic E-state index is 0.00685. The monoisotopic (exact) mass is 389 g/mol. The molecule has 3 aromatic carbocycles. The molecule has 0 aliphatic heterocycles. The van der Waals surface area contributed by atoms with Gasteiger partial charge in [-0.2, -0.15) is 8.42 Å². The van der Waals surface area contributed by atoms with Crippen molar-refractivity contribution < 1.29 is 28.1 Å². The van der Waals surface area contributed by atoms with Crippen LogP contribution in [0.3, 0.4) is 0 Å². The van der Waals surface area contributed by atoms with Crippen molar-refractivity contribution in [3.8, 4) is 11.5 Å². The fourth-order valence-electron chi connectivity index (χ4n) is 2.44. The van der Waals surface area contributed by atoms with E-state index in [-0.39, 0.29) is 27.9 Å². The van der Waals surface area contributed by atoms with Crippen LogP contribution >= 0.6 is 0 Å². The van der Waals surface area contributed by atoms with Crippen molar-refractivity contribution in [2.45, 2.75) is 4.90 Å². The van der Waals surface area contributed by atoms with E-state index in [4.69, 9.17) is 0 Å². The maximum Gasteiger partial charge on any atom is 0.295 e. The highest BCUT2D eigenvalue weighted by atomic mass is 32.2. The van der Waals surface area contributed by atoms with Gasteiger partial charge in [-0.05, 0) is 18.2 Å². The van der Waals surface area contributed by atoms with Gasteiger partial charge in [-0.15, -0.1) is 10.2 Å². The number of nitrogens with zero attached hydrogens (tertiary/aromatic N) is 3. The average molecular weight is 389 g/mol. The Balaban J connectivity index is 2.29. The summed E-state index contributed by atoms with van der Waals surface area (Å²) in [6.45, 7) is 0. The van der Waals surface area contributed by atoms with Crippen LogP contribution in [0.5, 0.6) is 11.5 Å². The van der Waals surface area contributed by atoms with Crippen LogP contribution in [0.15, 0.2) is 63.7 Å². The molecule has 11 heteroatoms. The Labute approximate surface area is 151 Å². The van der Waals surface area contributed by atoms with E-state index in [9.17, 15) is 33.3 Å². The molecular formula is C16H11N3O7S. The Kier molecular flexibility index (Phi) is 4.47. The molecule has 0 bridgehead atoms. The van der Waals surface area contributed by atoms with Crippen molar-refractivity contribution in [1.82, 2.24) is 0 Å². The number of hydrogen-bond donors (Lipinski definition) is 3. The Bertz CT molecular complexity index is 1210. The summed E-state index contributed by atoms with van der Waals surface area (Å²) < 4.78 is 32.6. The molecule has 0 fully saturated rings. The summed E-state index contributed by atoms with van der Waals surface area (Å²) in [6.07, 6.45) is 0. The van der Waals surface area contributed by atoms with E-state index in [1.165, 1.54) is 18.2 Å². The third kappa shape index (κ3) is 3.54. The molecule has 0 amide bonds. The van der Waals surface area contributed by atoms with E-state index in [2.05, 4.69) is 10.2 Å². The van der Waals surface area contributed by atoms with Gasteiger partial charge in [-0.25, -0.2) is 0 Å². The number of benzene rings is 3. The van der Waals surface area contributed by atoms with Gasteiger partial charge in [-0.3, -0.25) is 14.7 Å². The van der Waals surface area contributed by atoms with Gasteiger partial charge in [0.05, 0.1) is 4.92 Å². The quantitative estimate of drug-likeness (QED) is 0.264. The fraction of sp³-hybridized carbons (Fsp3) is 0. The Hall–Kier alpha value is -3.57. The van der Waals surface area contributed by atoms with Crippen molar-refractivity contribution in [2.75, 3.05) is 0 Å². The molecule has 3 N–H and O–H groups in total. The predicted octanol–water partition coefficient (Wildman–Crippen LogP) is 3.82. The molecule has 0 atom stereocenters. The standard InChI is InChI=1S/C16H11N3O7S/c20-13-4-2-1-3-12(13)17-18-16-10-6-5-9(19(22)23)7-11(10)15(8-14(16)21)27(24,25)26/h1-8,20-21H,(H,24,25,26). The van der Waals surface area contributed by atoms with Crippen molar-refractivity contribution in [3.05, 3.63) is 58.6 Å². The van der Waals surface area contributed by atoms with Crippen LogP contribution in [0.1, 0.15) is 0 Å². The summed E-state index contributed by atoms with van der Waals surface area (Å²) in [6, 6.07) is 9.93. The Morgan fingerprint density at radius 1 is 0.926 bits per heavy atom. The molecule has 0 radical (unpaired) electrons. The second-order valence-electron chi connectivity index (χ2n) is 5.39. The average Bonchev–Trinajstić information content (AvgIpc) is 2.60. The first kappa shape index (κ1) is 18.2. The lowest BCUT2D eigenvalue weighted by molar-refractivity contribution is -0.384. The van der Waals surface area contributed by atoms with Gasteiger partial charge in [-0.1, -0.05) is 12.1 Å². The van der Waals surface area contributed by atoms with Gasteiger partial charge >= 0.3 is 0 Å². The molecule has 27 heavy (non-hydrogen) atoms. The largest absolute Gasteiger partial charge is 0.506 e. The van der Waals surface area contributed by atoms with Gasteiger partial charge in [0.2, 0.25) is 0 Å². The molecule has 0 heterocycles. The highest BCUT2D eigenvalue weighted by Gasteiger charge is 2.22. The van der Waals surface area contributed by atoms with Gasteiger partial charge in [0.25, 0.3) is 15.8 Å². The smallest absolute Gasteiger partial charge is 0.295 e. The molecule has 10 nitrogen and oxygen atoms in total. The number of azo groups is 1. The van der Waals surface area contributed by atoms with E-state index in [0.717, 1.165) is 18.2 Å². The van der Waals surface area contributed by atoms with Gasteiger partial charge < -0.3 is 10.2 Å². The molecule has 3 rings (SSSR count). The maximum absolute atomic E-state index is 11.6. The summed E-state index contributed by atoms with van der Waals surface area (Å²) in [5.41, 5.74) is -0.511. The zero-order chi connectivity index (χ0) is 19.8. The first-order valence-corrected chi connectivity index (χ1v) is 8.74. The number of aromatic hydroxyl groups is 2. The summed E-state index contributed by atoms with van der Waals surface area (Å²) in [5.74, 6) is -0.793. The molecule has 0 saturated carbocycles. The molecule has 0 spiro atoms. The zero-order valence-electron chi connectivity index (χ0n) is 13.3. The number of nitro benzene ring substituents is 1. The highest BCUT2D eigenvalue weighted by Crippen LogP contribution is 2.41. The summed E-state index contributed by atoms with van der Waals surface area (Å²) >= 11 is 0. The number of nitro groups is 1. The number of phenolic OH excluding ortho intramolecular Hbond substituents is 2. The SMILES string of the molecule is O=[N+]([O-])c1ccc2c(N=Nc3ccccc3O)c(O)cc(S(=O)(=O)O)c2c1. The van der Waals surface area contributed by atoms with Crippen LogP contribution in [-0.4, -0.2) is 28.1 Å². The van der Waals surface area contributed by atoms with E-state index < -0.39 is 31.4 Å². The summed E-state index contributed by atoms with van der Waals surface area (Å²) in [7, 11) is -4.78. The van der Waals surface area contributed by atoms with Crippen molar-refractivity contribution >= 4 is 38.0 Å². The van der Waals surface area contributed by atoms with E-state index in [1.807, 2.05) is 0 Å². The van der Waals surface area contributed by atoms with Crippen molar-refractivity contribution in [3.63, 3.8) is 0 Å². The topological polar surface area (TPSA) is 163 Å². The van der Waals surface area contributed by atoms with Crippen LogP contribution < -0.4 is 0 Å².